The van der Waals surface area contributed by atoms with Crippen LogP contribution in [-0.2, 0) is 9.59 Å². The molecule has 0 bridgehead atoms. The third-order valence-corrected chi connectivity index (χ3v) is 2.47. The van der Waals surface area contributed by atoms with Crippen molar-refractivity contribution in [3.63, 3.8) is 0 Å². The summed E-state index contributed by atoms with van der Waals surface area (Å²) < 4.78 is 10.00. The van der Waals surface area contributed by atoms with Crippen LogP contribution >= 0.6 is 0 Å². The predicted molar refractivity (Wildman–Crippen MR) is 73.6 cm³/mol. The highest BCUT2D eigenvalue weighted by molar-refractivity contribution is 5.74. The molecule has 0 unspecified atom stereocenters. The number of nitrogens with zero attached hydrogens (tertiary/aromatic N) is 2. The molecule has 0 aliphatic rings. The summed E-state index contributed by atoms with van der Waals surface area (Å²) in [5.41, 5.74) is 0. The summed E-state index contributed by atoms with van der Waals surface area (Å²) in [6.07, 6.45) is 3.65. The van der Waals surface area contributed by atoms with Gasteiger partial charge in [-0.1, -0.05) is 12.1 Å². The van der Waals surface area contributed by atoms with Crippen molar-refractivity contribution >= 4 is 11.9 Å². The van der Waals surface area contributed by atoms with E-state index in [9.17, 15) is 9.59 Å². The Balaban J connectivity index is 1.67. The van der Waals surface area contributed by atoms with Crippen molar-refractivity contribution in [1.82, 2.24) is 9.97 Å². The zero-order chi connectivity index (χ0) is 14.9. The number of esters is 2. The molecule has 2 aromatic heterocycles. The fourth-order valence-electron chi connectivity index (χ4n) is 1.53. The van der Waals surface area contributed by atoms with Gasteiger partial charge in [0, 0.05) is 37.4 Å². The third kappa shape index (κ3) is 5.40. The molecule has 2 heterocycles. The largest absolute Gasteiger partial charge is 0.407 e. The normalized spacial score (nSPS) is 9.90. The van der Waals surface area contributed by atoms with E-state index in [4.69, 9.17) is 9.47 Å². The summed E-state index contributed by atoms with van der Waals surface area (Å²) in [5.74, 6) is -0.365. The lowest BCUT2D eigenvalue weighted by atomic mass is 10.2. The van der Waals surface area contributed by atoms with Crippen molar-refractivity contribution < 1.29 is 19.1 Å². The first-order valence-corrected chi connectivity index (χ1v) is 6.47. The Hall–Kier alpha value is -2.76. The molecule has 6 nitrogen and oxygen atoms in total. The van der Waals surface area contributed by atoms with Crippen LogP contribution in [0.4, 0.5) is 0 Å². The maximum atomic E-state index is 11.5. The number of hydrogen-bond acceptors (Lipinski definition) is 6. The van der Waals surface area contributed by atoms with Gasteiger partial charge in [0.2, 0.25) is 11.8 Å². The van der Waals surface area contributed by atoms with Crippen molar-refractivity contribution in [3.8, 4) is 11.8 Å². The van der Waals surface area contributed by atoms with Gasteiger partial charge in [-0.05, 0) is 18.6 Å². The van der Waals surface area contributed by atoms with Gasteiger partial charge < -0.3 is 9.47 Å². The molecule has 0 aromatic carbocycles. The van der Waals surface area contributed by atoms with Crippen LogP contribution in [0.3, 0.4) is 0 Å². The van der Waals surface area contributed by atoms with E-state index in [1.807, 2.05) is 0 Å². The van der Waals surface area contributed by atoms with E-state index in [1.54, 1.807) is 36.4 Å². The zero-order valence-electron chi connectivity index (χ0n) is 11.3. The quantitative estimate of drug-likeness (QED) is 0.757. The number of aromatic nitrogens is 2. The van der Waals surface area contributed by atoms with Gasteiger partial charge in [-0.25, -0.2) is 9.97 Å². The lowest BCUT2D eigenvalue weighted by molar-refractivity contribution is -0.136. The van der Waals surface area contributed by atoms with E-state index in [1.165, 1.54) is 12.4 Å². The van der Waals surface area contributed by atoms with Crippen LogP contribution < -0.4 is 9.47 Å². The van der Waals surface area contributed by atoms with Gasteiger partial charge in [0.15, 0.2) is 0 Å². The summed E-state index contributed by atoms with van der Waals surface area (Å²) in [6, 6.07) is 10.1. The van der Waals surface area contributed by atoms with E-state index < -0.39 is 11.9 Å². The smallest absolute Gasteiger partial charge is 0.312 e. The summed E-state index contributed by atoms with van der Waals surface area (Å²) >= 11 is 0. The Bertz CT molecular complexity index is 534. The summed E-state index contributed by atoms with van der Waals surface area (Å²) in [7, 11) is 0. The first-order chi connectivity index (χ1) is 10.2. The molecule has 108 valence electrons. The molecule has 0 fully saturated rings. The maximum Gasteiger partial charge on any atom is 0.312 e. The van der Waals surface area contributed by atoms with Crippen molar-refractivity contribution in [2.45, 2.75) is 19.3 Å². The number of ether oxygens (including phenoxy) is 2. The Kier molecular flexibility index (Phi) is 5.40. The number of pyridine rings is 2. The van der Waals surface area contributed by atoms with E-state index in [2.05, 4.69) is 9.97 Å². The van der Waals surface area contributed by atoms with Gasteiger partial charge in [-0.3, -0.25) is 9.59 Å². The van der Waals surface area contributed by atoms with Crippen LogP contribution in [0.5, 0.6) is 11.8 Å². The van der Waals surface area contributed by atoms with Crippen LogP contribution in [0, 0.1) is 0 Å². The number of carbonyl (C=O) groups is 2. The fraction of sp³-hybridized carbons (Fsp3) is 0.200. The Morgan fingerprint density at radius 3 is 1.67 bits per heavy atom. The molecule has 0 atom stereocenters. The van der Waals surface area contributed by atoms with Gasteiger partial charge in [-0.2, -0.15) is 0 Å². The molecule has 2 aromatic rings. The van der Waals surface area contributed by atoms with Crippen LogP contribution in [0.25, 0.3) is 0 Å². The highest BCUT2D eigenvalue weighted by Gasteiger charge is 2.09. The first kappa shape index (κ1) is 14.6. The SMILES string of the molecule is O=C(CCCC(=O)Oc1ccccn1)Oc1ccccn1. The van der Waals surface area contributed by atoms with E-state index in [0.717, 1.165) is 0 Å². The van der Waals surface area contributed by atoms with Crippen LogP contribution in [-0.4, -0.2) is 21.9 Å². The molecule has 21 heavy (non-hydrogen) atoms. The van der Waals surface area contributed by atoms with Crippen LogP contribution in [0.1, 0.15) is 19.3 Å². The number of rotatable bonds is 6. The monoisotopic (exact) mass is 286 g/mol. The molecule has 0 amide bonds. The second-order valence-corrected chi connectivity index (χ2v) is 4.14. The average Bonchev–Trinajstić information content (AvgIpc) is 2.49. The molecule has 0 radical (unpaired) electrons. The highest BCUT2D eigenvalue weighted by Crippen LogP contribution is 2.08. The summed E-state index contributed by atoms with van der Waals surface area (Å²) in [6.45, 7) is 0. The zero-order valence-corrected chi connectivity index (χ0v) is 11.3. The average molecular weight is 286 g/mol. The topological polar surface area (TPSA) is 78.4 Å². The van der Waals surface area contributed by atoms with E-state index in [-0.39, 0.29) is 24.6 Å². The second-order valence-electron chi connectivity index (χ2n) is 4.14. The number of hydrogen-bond donors (Lipinski definition) is 0. The van der Waals surface area contributed by atoms with E-state index in [0.29, 0.717) is 6.42 Å². The van der Waals surface area contributed by atoms with Gasteiger partial charge in [0.05, 0.1) is 0 Å². The minimum atomic E-state index is -0.431. The Labute approximate surface area is 121 Å². The molecule has 0 saturated heterocycles. The molecule has 0 N–H and O–H groups in total. The van der Waals surface area contributed by atoms with Crippen molar-refractivity contribution in [1.29, 1.82) is 0 Å². The Morgan fingerprint density at radius 2 is 1.29 bits per heavy atom. The molecular formula is C15H14N2O4. The van der Waals surface area contributed by atoms with Crippen molar-refractivity contribution in [3.05, 3.63) is 48.8 Å². The fourth-order valence-corrected chi connectivity index (χ4v) is 1.53. The molecule has 0 aliphatic carbocycles. The minimum absolute atomic E-state index is 0.119. The maximum absolute atomic E-state index is 11.5. The first-order valence-electron chi connectivity index (χ1n) is 6.47. The lowest BCUT2D eigenvalue weighted by Gasteiger charge is -2.03. The molecule has 0 spiro atoms. The van der Waals surface area contributed by atoms with Crippen molar-refractivity contribution in [2.24, 2.45) is 0 Å². The molecule has 0 aliphatic heterocycles. The van der Waals surface area contributed by atoms with E-state index >= 15 is 0 Å². The lowest BCUT2D eigenvalue weighted by Crippen LogP contribution is -2.12. The highest BCUT2D eigenvalue weighted by atomic mass is 16.5. The predicted octanol–water partition coefficient (Wildman–Crippen LogP) is 2.16. The molecule has 0 saturated carbocycles. The summed E-state index contributed by atoms with van der Waals surface area (Å²) in [5, 5.41) is 0. The van der Waals surface area contributed by atoms with Gasteiger partial charge in [0.1, 0.15) is 0 Å². The van der Waals surface area contributed by atoms with Crippen LogP contribution in [0.15, 0.2) is 48.8 Å². The minimum Gasteiger partial charge on any atom is -0.407 e. The van der Waals surface area contributed by atoms with Gasteiger partial charge in [-0.15, -0.1) is 0 Å². The second kappa shape index (κ2) is 7.74. The van der Waals surface area contributed by atoms with Crippen LogP contribution in [0.2, 0.25) is 0 Å². The molecule has 6 heteroatoms. The van der Waals surface area contributed by atoms with Gasteiger partial charge in [0.25, 0.3) is 0 Å². The standard InChI is InChI=1S/C15H14N2O4/c18-14(20-12-6-1-3-10-16-12)8-5-9-15(19)21-13-7-2-4-11-17-13/h1-4,6-7,10-11H,5,8-9H2. The summed E-state index contributed by atoms with van der Waals surface area (Å²) in [4.78, 5) is 30.8. The third-order valence-electron chi connectivity index (χ3n) is 2.47. The van der Waals surface area contributed by atoms with Gasteiger partial charge >= 0.3 is 11.9 Å². The van der Waals surface area contributed by atoms with Crippen molar-refractivity contribution in [2.75, 3.05) is 0 Å². The number of carbonyl (C=O) groups excluding carboxylic acids is 2. The molecule has 2 rings (SSSR count). The Morgan fingerprint density at radius 1 is 0.810 bits per heavy atom. The molecular weight excluding hydrogens is 272 g/mol.